The minimum atomic E-state index is -0.110. The molecule has 1 aliphatic heterocycles. The molecule has 1 atom stereocenters. The standard InChI is InChI=1S/C12H17BrN4O/c13-10-11(15-7-16-12(10)18)17-5-1-2-9(17)6-14-8-3-4-8/h7-9,14H,1-6H2,(H,15,16,18). The predicted molar refractivity (Wildman–Crippen MR) is 74.0 cm³/mol. The molecule has 6 heteroatoms. The lowest BCUT2D eigenvalue weighted by Crippen LogP contribution is -2.39. The van der Waals surface area contributed by atoms with Crippen molar-refractivity contribution >= 4 is 21.7 Å². The highest BCUT2D eigenvalue weighted by molar-refractivity contribution is 9.10. The Kier molecular flexibility index (Phi) is 3.39. The van der Waals surface area contributed by atoms with E-state index in [4.69, 9.17) is 0 Å². The van der Waals surface area contributed by atoms with Crippen LogP contribution in [0, 0.1) is 0 Å². The van der Waals surface area contributed by atoms with Gasteiger partial charge in [-0.1, -0.05) is 0 Å². The van der Waals surface area contributed by atoms with E-state index >= 15 is 0 Å². The smallest absolute Gasteiger partial charge is 0.267 e. The second kappa shape index (κ2) is 5.01. The van der Waals surface area contributed by atoms with Crippen molar-refractivity contribution in [1.82, 2.24) is 15.3 Å². The van der Waals surface area contributed by atoms with E-state index in [1.807, 2.05) is 0 Å². The monoisotopic (exact) mass is 312 g/mol. The fourth-order valence-electron chi connectivity index (χ4n) is 2.49. The molecule has 2 fully saturated rings. The first-order valence-electron chi connectivity index (χ1n) is 6.49. The molecule has 2 aliphatic rings. The fraction of sp³-hybridized carbons (Fsp3) is 0.667. The maximum atomic E-state index is 11.6. The number of nitrogens with zero attached hydrogens (tertiary/aromatic N) is 2. The number of hydrogen-bond donors (Lipinski definition) is 2. The lowest BCUT2D eigenvalue weighted by molar-refractivity contribution is 0.568. The van der Waals surface area contributed by atoms with E-state index in [-0.39, 0.29) is 5.56 Å². The lowest BCUT2D eigenvalue weighted by Gasteiger charge is -2.26. The van der Waals surface area contributed by atoms with Crippen LogP contribution in [0.25, 0.3) is 0 Å². The molecule has 1 saturated heterocycles. The van der Waals surface area contributed by atoms with Crippen LogP contribution in [0.15, 0.2) is 15.6 Å². The summed E-state index contributed by atoms with van der Waals surface area (Å²) in [6.45, 7) is 1.97. The Bertz CT molecular complexity index is 485. The molecular weight excluding hydrogens is 296 g/mol. The van der Waals surface area contributed by atoms with Crippen LogP contribution in [0.1, 0.15) is 25.7 Å². The van der Waals surface area contributed by atoms with Crippen molar-refractivity contribution in [3.63, 3.8) is 0 Å². The summed E-state index contributed by atoms with van der Waals surface area (Å²) in [5, 5.41) is 3.56. The summed E-state index contributed by atoms with van der Waals surface area (Å²) in [4.78, 5) is 20.7. The number of nitrogens with one attached hydrogen (secondary N) is 2. The van der Waals surface area contributed by atoms with Crippen molar-refractivity contribution in [2.45, 2.75) is 37.8 Å². The maximum absolute atomic E-state index is 11.6. The molecule has 0 radical (unpaired) electrons. The number of anilines is 1. The fourth-order valence-corrected chi connectivity index (χ4v) is 2.94. The van der Waals surface area contributed by atoms with Gasteiger partial charge >= 0.3 is 0 Å². The van der Waals surface area contributed by atoms with Crippen LogP contribution >= 0.6 is 15.9 Å². The number of aromatic amines is 1. The highest BCUT2D eigenvalue weighted by Crippen LogP contribution is 2.28. The van der Waals surface area contributed by atoms with Gasteiger partial charge in [-0.2, -0.15) is 0 Å². The number of H-pyrrole nitrogens is 1. The lowest BCUT2D eigenvalue weighted by atomic mass is 10.2. The van der Waals surface area contributed by atoms with E-state index < -0.39 is 0 Å². The van der Waals surface area contributed by atoms with E-state index in [2.05, 4.69) is 36.1 Å². The minimum absolute atomic E-state index is 0.110. The SMILES string of the molecule is O=c1[nH]cnc(N2CCCC2CNC2CC2)c1Br. The summed E-state index contributed by atoms with van der Waals surface area (Å²) >= 11 is 3.34. The molecule has 0 aromatic carbocycles. The van der Waals surface area contributed by atoms with Gasteiger partial charge in [-0.15, -0.1) is 0 Å². The largest absolute Gasteiger partial charge is 0.351 e. The van der Waals surface area contributed by atoms with E-state index in [9.17, 15) is 4.79 Å². The topological polar surface area (TPSA) is 61.0 Å². The maximum Gasteiger partial charge on any atom is 0.267 e. The Balaban J connectivity index is 1.76. The van der Waals surface area contributed by atoms with Crippen LogP contribution in [0.2, 0.25) is 0 Å². The number of halogens is 1. The normalized spacial score (nSPS) is 23.6. The van der Waals surface area contributed by atoms with Crippen molar-refractivity contribution in [2.75, 3.05) is 18.0 Å². The van der Waals surface area contributed by atoms with Crippen LogP contribution in [-0.4, -0.2) is 35.1 Å². The molecule has 0 amide bonds. The molecule has 5 nitrogen and oxygen atoms in total. The molecule has 1 aromatic heterocycles. The second-order valence-corrected chi connectivity index (χ2v) is 5.83. The third-order valence-corrected chi connectivity index (χ3v) is 4.36. The van der Waals surface area contributed by atoms with Gasteiger partial charge in [0, 0.05) is 25.2 Å². The summed E-state index contributed by atoms with van der Waals surface area (Å²) < 4.78 is 0.545. The number of aromatic nitrogens is 2. The molecular formula is C12H17BrN4O. The van der Waals surface area contributed by atoms with Crippen LogP contribution in [0.3, 0.4) is 0 Å². The van der Waals surface area contributed by atoms with Crippen LogP contribution in [0.4, 0.5) is 5.82 Å². The second-order valence-electron chi connectivity index (χ2n) is 5.04. The van der Waals surface area contributed by atoms with Gasteiger partial charge in [0.25, 0.3) is 5.56 Å². The molecule has 1 aliphatic carbocycles. The Morgan fingerprint density at radius 2 is 2.33 bits per heavy atom. The molecule has 0 spiro atoms. The Hall–Kier alpha value is -0.880. The summed E-state index contributed by atoms with van der Waals surface area (Å²) in [5.41, 5.74) is -0.110. The summed E-state index contributed by atoms with van der Waals surface area (Å²) in [6.07, 6.45) is 6.42. The number of hydrogen-bond acceptors (Lipinski definition) is 4. The summed E-state index contributed by atoms with van der Waals surface area (Å²) in [6, 6.07) is 1.18. The molecule has 3 rings (SSSR count). The van der Waals surface area contributed by atoms with Crippen molar-refractivity contribution in [1.29, 1.82) is 0 Å². The average molecular weight is 313 g/mol. The highest BCUT2D eigenvalue weighted by atomic mass is 79.9. The van der Waals surface area contributed by atoms with Crippen molar-refractivity contribution in [3.8, 4) is 0 Å². The molecule has 1 unspecified atom stereocenters. The highest BCUT2D eigenvalue weighted by Gasteiger charge is 2.29. The Morgan fingerprint density at radius 3 is 3.11 bits per heavy atom. The van der Waals surface area contributed by atoms with Gasteiger partial charge in [0.05, 0.1) is 6.33 Å². The van der Waals surface area contributed by atoms with Gasteiger partial charge in [-0.3, -0.25) is 4.79 Å². The van der Waals surface area contributed by atoms with Crippen LogP contribution in [-0.2, 0) is 0 Å². The van der Waals surface area contributed by atoms with Gasteiger partial charge in [0.2, 0.25) is 0 Å². The first-order valence-corrected chi connectivity index (χ1v) is 7.28. The van der Waals surface area contributed by atoms with Crippen molar-refractivity contribution in [2.24, 2.45) is 0 Å². The third-order valence-electron chi connectivity index (χ3n) is 3.65. The first-order chi connectivity index (χ1) is 8.75. The molecule has 2 heterocycles. The molecule has 0 bridgehead atoms. The zero-order valence-corrected chi connectivity index (χ0v) is 11.7. The summed E-state index contributed by atoms with van der Waals surface area (Å²) in [5.74, 6) is 0.777. The quantitative estimate of drug-likeness (QED) is 0.878. The van der Waals surface area contributed by atoms with Gasteiger partial charge in [0.15, 0.2) is 5.82 Å². The van der Waals surface area contributed by atoms with Crippen molar-refractivity contribution < 1.29 is 0 Å². The molecule has 1 aromatic rings. The molecule has 18 heavy (non-hydrogen) atoms. The third kappa shape index (κ3) is 2.44. The molecule has 1 saturated carbocycles. The van der Waals surface area contributed by atoms with Gasteiger partial charge in [-0.25, -0.2) is 4.98 Å². The Morgan fingerprint density at radius 1 is 1.50 bits per heavy atom. The predicted octanol–water partition coefficient (Wildman–Crippen LogP) is 1.25. The minimum Gasteiger partial charge on any atom is -0.351 e. The van der Waals surface area contributed by atoms with Gasteiger partial charge in [-0.05, 0) is 41.6 Å². The van der Waals surface area contributed by atoms with Crippen LogP contribution < -0.4 is 15.8 Å². The zero-order valence-electron chi connectivity index (χ0n) is 10.2. The first kappa shape index (κ1) is 12.2. The van der Waals surface area contributed by atoms with Gasteiger partial charge < -0.3 is 15.2 Å². The van der Waals surface area contributed by atoms with Crippen LogP contribution in [0.5, 0.6) is 0 Å². The van der Waals surface area contributed by atoms with Gasteiger partial charge in [0.1, 0.15) is 4.47 Å². The molecule has 98 valence electrons. The van der Waals surface area contributed by atoms with E-state index in [1.54, 1.807) is 0 Å². The van der Waals surface area contributed by atoms with E-state index in [0.717, 1.165) is 31.4 Å². The Labute approximate surface area is 114 Å². The van der Waals surface area contributed by atoms with E-state index in [1.165, 1.54) is 25.6 Å². The average Bonchev–Trinajstić information content (AvgIpc) is 3.08. The summed E-state index contributed by atoms with van der Waals surface area (Å²) in [7, 11) is 0. The zero-order chi connectivity index (χ0) is 12.5. The van der Waals surface area contributed by atoms with Crippen molar-refractivity contribution in [3.05, 3.63) is 21.2 Å². The van der Waals surface area contributed by atoms with E-state index in [0.29, 0.717) is 10.5 Å². The number of rotatable bonds is 4. The molecule has 2 N–H and O–H groups in total.